The molecule has 5 nitrogen and oxygen atoms in total. The van der Waals surface area contributed by atoms with Gasteiger partial charge in [-0.25, -0.2) is 0 Å². The maximum Gasteiger partial charge on any atom is 0.255 e. The predicted octanol–water partition coefficient (Wildman–Crippen LogP) is 1.42. The Labute approximate surface area is 108 Å². The molecule has 1 aliphatic rings. The number of aryl methyl sites for hydroxylation is 2. The number of aromatic nitrogens is 2. The molecule has 0 spiro atoms. The summed E-state index contributed by atoms with van der Waals surface area (Å²) in [7, 11) is 0. The molecule has 100 valence electrons. The number of nitrogens with one attached hydrogen (secondary N) is 2. The van der Waals surface area contributed by atoms with E-state index in [0.29, 0.717) is 5.56 Å². The van der Waals surface area contributed by atoms with Crippen LogP contribution in [-0.2, 0) is 0 Å². The fourth-order valence-corrected chi connectivity index (χ4v) is 2.64. The molecule has 1 aromatic heterocycles. The van der Waals surface area contributed by atoms with E-state index >= 15 is 0 Å². The van der Waals surface area contributed by atoms with Gasteiger partial charge in [0.05, 0.1) is 11.3 Å². The first-order chi connectivity index (χ1) is 8.59. The van der Waals surface area contributed by atoms with Gasteiger partial charge in [-0.2, -0.15) is 5.10 Å². The van der Waals surface area contributed by atoms with Gasteiger partial charge in [0.15, 0.2) is 0 Å². The van der Waals surface area contributed by atoms with Gasteiger partial charge in [-0.05, 0) is 26.7 Å². The second kappa shape index (κ2) is 5.52. The number of nitrogens with zero attached hydrogens (tertiary/aromatic N) is 1. The highest BCUT2D eigenvalue weighted by Gasteiger charge is 2.24. The molecule has 0 aliphatic heterocycles. The molecular weight excluding hydrogens is 228 g/mol. The van der Waals surface area contributed by atoms with E-state index in [1.165, 1.54) is 6.42 Å². The van der Waals surface area contributed by atoms with E-state index < -0.39 is 0 Å². The third-order valence-electron chi connectivity index (χ3n) is 3.74. The van der Waals surface area contributed by atoms with Crippen molar-refractivity contribution in [3.8, 4) is 0 Å². The summed E-state index contributed by atoms with van der Waals surface area (Å²) in [6, 6.07) is 0.165. The molecule has 1 aromatic rings. The highest BCUT2D eigenvalue weighted by molar-refractivity contribution is 5.96. The van der Waals surface area contributed by atoms with Crippen LogP contribution in [0.2, 0.25) is 0 Å². The number of aromatic amines is 1. The Kier molecular flexibility index (Phi) is 4.01. The van der Waals surface area contributed by atoms with Crippen molar-refractivity contribution in [3.05, 3.63) is 17.0 Å². The van der Waals surface area contributed by atoms with E-state index in [1.54, 1.807) is 0 Å². The Morgan fingerprint density at radius 3 is 2.72 bits per heavy atom. The first kappa shape index (κ1) is 13.1. The van der Waals surface area contributed by atoms with Gasteiger partial charge in [0.1, 0.15) is 0 Å². The Morgan fingerprint density at radius 2 is 2.06 bits per heavy atom. The largest absolute Gasteiger partial charge is 0.348 e. The van der Waals surface area contributed by atoms with E-state index in [-0.39, 0.29) is 18.0 Å². The minimum absolute atomic E-state index is 0.0545. The first-order valence-electron chi connectivity index (χ1n) is 6.67. The number of amides is 1. The molecule has 4 N–H and O–H groups in total. The molecule has 2 atom stereocenters. The molecule has 1 fully saturated rings. The van der Waals surface area contributed by atoms with E-state index in [9.17, 15) is 4.79 Å². The normalized spacial score (nSPS) is 24.6. The van der Waals surface area contributed by atoms with Gasteiger partial charge < -0.3 is 11.1 Å². The Morgan fingerprint density at radius 1 is 1.33 bits per heavy atom. The third kappa shape index (κ3) is 2.72. The molecule has 0 bridgehead atoms. The van der Waals surface area contributed by atoms with Gasteiger partial charge >= 0.3 is 0 Å². The van der Waals surface area contributed by atoms with Crippen LogP contribution in [0.15, 0.2) is 0 Å². The maximum atomic E-state index is 12.2. The third-order valence-corrected chi connectivity index (χ3v) is 3.74. The first-order valence-corrected chi connectivity index (χ1v) is 6.67. The highest BCUT2D eigenvalue weighted by atomic mass is 16.1. The summed E-state index contributed by atoms with van der Waals surface area (Å²) in [5.74, 6) is -0.0545. The van der Waals surface area contributed by atoms with Crippen molar-refractivity contribution in [2.24, 2.45) is 5.73 Å². The molecule has 2 unspecified atom stereocenters. The second-order valence-corrected chi connectivity index (χ2v) is 5.19. The van der Waals surface area contributed by atoms with Crippen LogP contribution in [0.25, 0.3) is 0 Å². The molecule has 0 saturated heterocycles. The fraction of sp³-hybridized carbons (Fsp3) is 0.692. The lowest BCUT2D eigenvalue weighted by molar-refractivity contribution is 0.0927. The summed E-state index contributed by atoms with van der Waals surface area (Å²) in [5, 5.41) is 9.96. The number of nitrogens with two attached hydrogens (primary N) is 1. The zero-order chi connectivity index (χ0) is 13.1. The van der Waals surface area contributed by atoms with Gasteiger partial charge in [0.2, 0.25) is 0 Å². The average Bonchev–Trinajstić information content (AvgIpc) is 2.53. The molecule has 2 rings (SSSR count). The SMILES string of the molecule is Cc1n[nH]c(C)c1C(=O)NC1CCCCCC1N. The van der Waals surface area contributed by atoms with E-state index in [1.807, 2.05) is 13.8 Å². The van der Waals surface area contributed by atoms with Gasteiger partial charge in [0.25, 0.3) is 5.91 Å². The second-order valence-electron chi connectivity index (χ2n) is 5.19. The minimum atomic E-state index is -0.0545. The molecule has 1 saturated carbocycles. The predicted molar refractivity (Wildman–Crippen MR) is 70.4 cm³/mol. The minimum Gasteiger partial charge on any atom is -0.348 e. The summed E-state index contributed by atoms with van der Waals surface area (Å²) in [6.07, 6.45) is 5.49. The quantitative estimate of drug-likeness (QED) is 0.694. The van der Waals surface area contributed by atoms with Crippen molar-refractivity contribution < 1.29 is 4.79 Å². The molecular formula is C13H22N4O. The van der Waals surface area contributed by atoms with Crippen LogP contribution in [-0.4, -0.2) is 28.2 Å². The molecule has 0 aromatic carbocycles. The van der Waals surface area contributed by atoms with Gasteiger partial charge in [-0.3, -0.25) is 9.89 Å². The topological polar surface area (TPSA) is 83.8 Å². The number of hydrogen-bond donors (Lipinski definition) is 3. The van der Waals surface area contributed by atoms with Crippen LogP contribution in [0.4, 0.5) is 0 Å². The molecule has 1 aliphatic carbocycles. The lowest BCUT2D eigenvalue weighted by atomic mass is 10.0. The number of rotatable bonds is 2. The molecule has 18 heavy (non-hydrogen) atoms. The molecule has 1 heterocycles. The zero-order valence-electron chi connectivity index (χ0n) is 11.1. The maximum absolute atomic E-state index is 12.2. The van der Waals surface area contributed by atoms with Gasteiger partial charge in [-0.15, -0.1) is 0 Å². The van der Waals surface area contributed by atoms with Crippen LogP contribution in [0.5, 0.6) is 0 Å². The fourth-order valence-electron chi connectivity index (χ4n) is 2.64. The van der Waals surface area contributed by atoms with Crippen molar-refractivity contribution in [3.63, 3.8) is 0 Å². The Hall–Kier alpha value is -1.36. The van der Waals surface area contributed by atoms with Crippen LogP contribution in [0.1, 0.15) is 53.8 Å². The lowest BCUT2D eigenvalue weighted by Crippen LogP contribution is -2.47. The summed E-state index contributed by atoms with van der Waals surface area (Å²) in [5.41, 5.74) is 8.33. The summed E-state index contributed by atoms with van der Waals surface area (Å²) in [4.78, 5) is 12.2. The van der Waals surface area contributed by atoms with Crippen LogP contribution in [0.3, 0.4) is 0 Å². The van der Waals surface area contributed by atoms with Gasteiger partial charge in [-0.1, -0.05) is 19.3 Å². The standard InChI is InChI=1S/C13H22N4O/c1-8-12(9(2)17-16-8)13(18)15-11-7-5-3-4-6-10(11)14/h10-11H,3-7,14H2,1-2H3,(H,15,18)(H,16,17). The van der Waals surface area contributed by atoms with Crippen LogP contribution < -0.4 is 11.1 Å². The molecule has 1 amide bonds. The van der Waals surface area contributed by atoms with Crippen molar-refractivity contribution in [2.45, 2.75) is 58.0 Å². The van der Waals surface area contributed by atoms with Crippen molar-refractivity contribution >= 4 is 5.91 Å². The van der Waals surface area contributed by atoms with Crippen LogP contribution in [0, 0.1) is 13.8 Å². The number of hydrogen-bond acceptors (Lipinski definition) is 3. The van der Waals surface area contributed by atoms with Gasteiger partial charge in [0, 0.05) is 17.8 Å². The number of carbonyl (C=O) groups is 1. The summed E-state index contributed by atoms with van der Waals surface area (Å²) >= 11 is 0. The average molecular weight is 250 g/mol. The Bertz CT molecular complexity index is 407. The summed E-state index contributed by atoms with van der Waals surface area (Å²) < 4.78 is 0. The smallest absolute Gasteiger partial charge is 0.255 e. The van der Waals surface area contributed by atoms with Crippen molar-refractivity contribution in [2.75, 3.05) is 0 Å². The number of carbonyl (C=O) groups excluding carboxylic acids is 1. The van der Waals surface area contributed by atoms with Crippen molar-refractivity contribution in [1.29, 1.82) is 0 Å². The van der Waals surface area contributed by atoms with Crippen molar-refractivity contribution in [1.82, 2.24) is 15.5 Å². The van der Waals surface area contributed by atoms with Crippen LogP contribution >= 0.6 is 0 Å². The van der Waals surface area contributed by atoms with E-state index in [2.05, 4.69) is 15.5 Å². The lowest BCUT2D eigenvalue weighted by Gasteiger charge is -2.22. The Balaban J connectivity index is 2.06. The molecule has 5 heteroatoms. The number of H-pyrrole nitrogens is 1. The van der Waals surface area contributed by atoms with E-state index in [4.69, 9.17) is 5.73 Å². The summed E-state index contributed by atoms with van der Waals surface area (Å²) in [6.45, 7) is 3.70. The highest BCUT2D eigenvalue weighted by Crippen LogP contribution is 2.18. The monoisotopic (exact) mass is 250 g/mol. The van der Waals surface area contributed by atoms with E-state index in [0.717, 1.165) is 37.1 Å². The zero-order valence-corrected chi connectivity index (χ0v) is 11.1. The molecule has 0 radical (unpaired) electrons.